The number of hydrogen-bond donors (Lipinski definition) is 0. The lowest BCUT2D eigenvalue weighted by atomic mass is 10.3. The van der Waals surface area contributed by atoms with Crippen molar-refractivity contribution in [3.63, 3.8) is 0 Å². The molecule has 0 aliphatic carbocycles. The van der Waals surface area contributed by atoms with Gasteiger partial charge in [-0.2, -0.15) is 0 Å². The third-order valence-electron chi connectivity index (χ3n) is 1.38. The molecule has 1 fully saturated rings. The standard InChI is InChI=1S/C5H6O2/c1-5-4(7-5)2-3-6-5/h2-4H,1H3. The minimum absolute atomic E-state index is 0.250. The van der Waals surface area contributed by atoms with Crippen LogP contribution in [-0.4, -0.2) is 11.9 Å². The maximum Gasteiger partial charge on any atom is 0.237 e. The summed E-state index contributed by atoms with van der Waals surface area (Å²) in [5.41, 5.74) is 0. The second kappa shape index (κ2) is 0.713. The van der Waals surface area contributed by atoms with Crippen molar-refractivity contribution in [3.8, 4) is 0 Å². The molecule has 2 heterocycles. The third kappa shape index (κ3) is 0.280. The highest BCUT2D eigenvalue weighted by Crippen LogP contribution is 2.42. The maximum atomic E-state index is 5.03. The zero-order valence-corrected chi connectivity index (χ0v) is 4.05. The molecular weight excluding hydrogens is 92.1 g/mol. The molecule has 0 radical (unpaired) electrons. The highest BCUT2D eigenvalue weighted by molar-refractivity contribution is 5.10. The van der Waals surface area contributed by atoms with E-state index in [-0.39, 0.29) is 11.9 Å². The number of rotatable bonds is 0. The van der Waals surface area contributed by atoms with Gasteiger partial charge in [0.2, 0.25) is 5.79 Å². The molecule has 2 atom stereocenters. The molecule has 0 bridgehead atoms. The van der Waals surface area contributed by atoms with E-state index < -0.39 is 0 Å². The molecule has 0 aromatic carbocycles. The summed E-state index contributed by atoms with van der Waals surface area (Å²) in [4.78, 5) is 0. The van der Waals surface area contributed by atoms with Gasteiger partial charge in [0, 0.05) is 6.92 Å². The van der Waals surface area contributed by atoms with Crippen molar-refractivity contribution in [2.75, 3.05) is 0 Å². The first-order valence-electron chi connectivity index (χ1n) is 2.33. The summed E-state index contributed by atoms with van der Waals surface area (Å²) in [6.45, 7) is 1.93. The Hall–Kier alpha value is -0.500. The minimum Gasteiger partial charge on any atom is -0.467 e. The molecule has 38 valence electrons. The smallest absolute Gasteiger partial charge is 0.237 e. The second-order valence-electron chi connectivity index (χ2n) is 2.00. The first-order chi connectivity index (χ1) is 3.31. The van der Waals surface area contributed by atoms with E-state index in [0.29, 0.717) is 0 Å². The molecule has 0 aromatic rings. The molecule has 0 spiro atoms. The number of epoxide rings is 1. The lowest BCUT2D eigenvalue weighted by Gasteiger charge is -1.97. The highest BCUT2D eigenvalue weighted by atomic mass is 16.8. The Morgan fingerprint density at radius 1 is 1.71 bits per heavy atom. The van der Waals surface area contributed by atoms with Crippen molar-refractivity contribution in [3.05, 3.63) is 12.3 Å². The SMILES string of the molecule is CC12OC=CC1O2. The average Bonchev–Trinajstić information content (AvgIpc) is 2.09. The summed E-state index contributed by atoms with van der Waals surface area (Å²) in [5.74, 6) is -0.250. The molecule has 0 N–H and O–H groups in total. The highest BCUT2D eigenvalue weighted by Gasteiger charge is 2.56. The second-order valence-corrected chi connectivity index (χ2v) is 2.00. The topological polar surface area (TPSA) is 21.8 Å². The Labute approximate surface area is 41.7 Å². The zero-order valence-electron chi connectivity index (χ0n) is 4.05. The third-order valence-corrected chi connectivity index (χ3v) is 1.38. The van der Waals surface area contributed by atoms with Crippen LogP contribution in [0.2, 0.25) is 0 Å². The Bertz CT molecular complexity index is 130. The van der Waals surface area contributed by atoms with Gasteiger partial charge in [-0.15, -0.1) is 0 Å². The Morgan fingerprint density at radius 3 is 2.71 bits per heavy atom. The van der Waals surface area contributed by atoms with Crippen LogP contribution in [0.1, 0.15) is 6.92 Å². The Balaban J connectivity index is 2.28. The molecule has 7 heavy (non-hydrogen) atoms. The van der Waals surface area contributed by atoms with Crippen LogP contribution in [-0.2, 0) is 9.47 Å². The van der Waals surface area contributed by atoms with Gasteiger partial charge in [-0.05, 0) is 6.08 Å². The van der Waals surface area contributed by atoms with Crippen molar-refractivity contribution < 1.29 is 9.47 Å². The number of ether oxygens (including phenoxy) is 2. The van der Waals surface area contributed by atoms with Crippen LogP contribution in [0.25, 0.3) is 0 Å². The van der Waals surface area contributed by atoms with E-state index in [2.05, 4.69) is 0 Å². The van der Waals surface area contributed by atoms with Gasteiger partial charge in [0.15, 0.2) is 0 Å². The van der Waals surface area contributed by atoms with Crippen LogP contribution in [0.4, 0.5) is 0 Å². The normalized spacial score (nSPS) is 53.6. The molecule has 0 aromatic heterocycles. The predicted molar refractivity (Wildman–Crippen MR) is 23.5 cm³/mol. The monoisotopic (exact) mass is 98.0 g/mol. The molecule has 2 aliphatic rings. The van der Waals surface area contributed by atoms with Crippen molar-refractivity contribution in [1.82, 2.24) is 0 Å². The van der Waals surface area contributed by atoms with Crippen molar-refractivity contribution >= 4 is 0 Å². The van der Waals surface area contributed by atoms with Gasteiger partial charge < -0.3 is 9.47 Å². The summed E-state index contributed by atoms with van der Waals surface area (Å²) in [5, 5.41) is 0. The minimum atomic E-state index is -0.250. The fraction of sp³-hybridized carbons (Fsp3) is 0.600. The van der Waals surface area contributed by atoms with Crippen molar-refractivity contribution in [2.24, 2.45) is 0 Å². The summed E-state index contributed by atoms with van der Waals surface area (Å²) >= 11 is 0. The molecular formula is C5H6O2. The van der Waals surface area contributed by atoms with Gasteiger partial charge >= 0.3 is 0 Å². The van der Waals surface area contributed by atoms with Crippen molar-refractivity contribution in [2.45, 2.75) is 18.8 Å². The van der Waals surface area contributed by atoms with Crippen LogP contribution in [0.15, 0.2) is 12.3 Å². The summed E-state index contributed by atoms with van der Waals surface area (Å²) in [7, 11) is 0. The lowest BCUT2D eigenvalue weighted by molar-refractivity contribution is 0.0372. The largest absolute Gasteiger partial charge is 0.467 e. The first-order valence-corrected chi connectivity index (χ1v) is 2.33. The van der Waals surface area contributed by atoms with Gasteiger partial charge in [-0.3, -0.25) is 0 Å². The van der Waals surface area contributed by atoms with Gasteiger partial charge in [0.1, 0.15) is 6.10 Å². The predicted octanol–water partition coefficient (Wildman–Crippen LogP) is 0.645. The Kier molecular flexibility index (Phi) is 0.356. The summed E-state index contributed by atoms with van der Waals surface area (Å²) < 4.78 is 10.0. The average molecular weight is 98.1 g/mol. The van der Waals surface area contributed by atoms with Crippen LogP contribution in [0.3, 0.4) is 0 Å². The number of hydrogen-bond acceptors (Lipinski definition) is 2. The van der Waals surface area contributed by atoms with E-state index in [0.717, 1.165) is 0 Å². The maximum absolute atomic E-state index is 5.03. The zero-order chi connectivity index (χ0) is 4.91. The van der Waals surface area contributed by atoms with E-state index in [4.69, 9.17) is 9.47 Å². The van der Waals surface area contributed by atoms with E-state index >= 15 is 0 Å². The molecule has 2 heteroatoms. The van der Waals surface area contributed by atoms with E-state index in [1.807, 2.05) is 13.0 Å². The lowest BCUT2D eigenvalue weighted by Crippen LogP contribution is -2.04. The first kappa shape index (κ1) is 3.50. The quantitative estimate of drug-likeness (QED) is 0.415. The summed E-state index contributed by atoms with van der Waals surface area (Å²) in [6, 6.07) is 0. The van der Waals surface area contributed by atoms with Crippen LogP contribution < -0.4 is 0 Å². The van der Waals surface area contributed by atoms with Gasteiger partial charge in [-0.25, -0.2) is 0 Å². The molecule has 0 amide bonds. The van der Waals surface area contributed by atoms with Crippen LogP contribution in [0.5, 0.6) is 0 Å². The van der Waals surface area contributed by atoms with Gasteiger partial charge in [0.05, 0.1) is 6.26 Å². The fourth-order valence-electron chi connectivity index (χ4n) is 0.773. The fourth-order valence-corrected chi connectivity index (χ4v) is 0.773. The summed E-state index contributed by atoms with van der Waals surface area (Å²) in [6.07, 6.45) is 3.86. The van der Waals surface area contributed by atoms with Crippen LogP contribution in [0, 0.1) is 0 Å². The van der Waals surface area contributed by atoms with Crippen LogP contribution >= 0.6 is 0 Å². The molecule has 2 nitrogen and oxygen atoms in total. The molecule has 1 saturated heterocycles. The van der Waals surface area contributed by atoms with E-state index in [1.54, 1.807) is 6.26 Å². The van der Waals surface area contributed by atoms with E-state index in [9.17, 15) is 0 Å². The van der Waals surface area contributed by atoms with Crippen molar-refractivity contribution in [1.29, 1.82) is 0 Å². The molecule has 2 aliphatic heterocycles. The molecule has 2 rings (SSSR count). The van der Waals surface area contributed by atoms with Gasteiger partial charge in [0.25, 0.3) is 0 Å². The molecule has 2 unspecified atom stereocenters. The Morgan fingerprint density at radius 2 is 2.57 bits per heavy atom. The van der Waals surface area contributed by atoms with Gasteiger partial charge in [-0.1, -0.05) is 0 Å². The molecule has 0 saturated carbocycles. The van der Waals surface area contributed by atoms with E-state index in [1.165, 1.54) is 0 Å². The number of fused-ring (bicyclic) bond motifs is 1.